The largest absolute Gasteiger partial charge is 0.480 e. The van der Waals surface area contributed by atoms with E-state index in [4.69, 9.17) is 28.7 Å². The fraction of sp³-hybridized carbons (Fsp3) is 0.714. The van der Waals surface area contributed by atoms with Gasteiger partial charge in [-0.05, 0) is 44.9 Å². The van der Waals surface area contributed by atoms with Crippen molar-refractivity contribution in [3.63, 3.8) is 0 Å². The molecule has 0 aromatic carbocycles. The quantitative estimate of drug-likeness (QED) is 0.0539. The van der Waals surface area contributed by atoms with Crippen LogP contribution >= 0.6 is 0 Å². The van der Waals surface area contributed by atoms with Crippen molar-refractivity contribution < 1.29 is 24.3 Å². The summed E-state index contributed by atoms with van der Waals surface area (Å²) in [5, 5.41) is 17.0. The number of carbonyl (C=O) groups is 4. The average molecular weight is 515 g/mol. The Labute approximate surface area is 211 Å². The smallest absolute Gasteiger partial charge is 0.326 e. The summed E-state index contributed by atoms with van der Waals surface area (Å²) in [6.07, 6.45) is 1.24. The lowest BCUT2D eigenvalue weighted by atomic mass is 10.0. The highest BCUT2D eigenvalue weighted by Gasteiger charge is 2.28. The molecule has 0 aromatic heterocycles. The molecule has 0 fully saturated rings. The summed E-state index contributed by atoms with van der Waals surface area (Å²) < 4.78 is 0. The third-order valence-corrected chi connectivity index (χ3v) is 4.95. The second kappa shape index (κ2) is 16.9. The molecule has 4 unspecified atom stereocenters. The van der Waals surface area contributed by atoms with E-state index in [2.05, 4.69) is 25.9 Å². The van der Waals surface area contributed by atoms with E-state index >= 15 is 0 Å². The molecule has 206 valence electrons. The minimum Gasteiger partial charge on any atom is -0.480 e. The van der Waals surface area contributed by atoms with Gasteiger partial charge in [0.1, 0.15) is 18.1 Å². The first-order valence-electron chi connectivity index (χ1n) is 11.7. The van der Waals surface area contributed by atoms with Gasteiger partial charge in [0.05, 0.1) is 6.04 Å². The molecular formula is C21H42N10O5. The third kappa shape index (κ3) is 14.6. The number of nitrogens with one attached hydrogen (secondary N) is 3. The van der Waals surface area contributed by atoms with E-state index in [1.54, 1.807) is 0 Å². The fourth-order valence-electron chi connectivity index (χ4n) is 3.10. The Bertz CT molecular complexity index is 794. The van der Waals surface area contributed by atoms with E-state index in [-0.39, 0.29) is 43.8 Å². The van der Waals surface area contributed by atoms with Gasteiger partial charge in [-0.3, -0.25) is 24.4 Å². The second-order valence-electron chi connectivity index (χ2n) is 8.82. The Morgan fingerprint density at radius 3 is 1.67 bits per heavy atom. The van der Waals surface area contributed by atoms with Crippen LogP contribution in [0.1, 0.15) is 52.9 Å². The average Bonchev–Trinajstić information content (AvgIpc) is 2.76. The molecule has 36 heavy (non-hydrogen) atoms. The number of rotatable bonds is 17. The molecule has 0 heterocycles. The molecule has 0 saturated heterocycles. The Morgan fingerprint density at radius 2 is 1.22 bits per heavy atom. The van der Waals surface area contributed by atoms with E-state index in [0.29, 0.717) is 19.3 Å². The van der Waals surface area contributed by atoms with Crippen molar-refractivity contribution >= 4 is 35.6 Å². The van der Waals surface area contributed by atoms with Crippen LogP contribution in [0.15, 0.2) is 9.98 Å². The van der Waals surface area contributed by atoms with Gasteiger partial charge >= 0.3 is 5.97 Å². The molecule has 15 heteroatoms. The summed E-state index contributed by atoms with van der Waals surface area (Å²) in [4.78, 5) is 57.1. The number of guanidine groups is 2. The highest BCUT2D eigenvalue weighted by molar-refractivity contribution is 5.93. The normalized spacial score (nSPS) is 14.0. The standard InChI is InChI=1S/C21H42N10O5/c1-11(2)10-13(22)17(33)29-12(3)16(32)30-14(6-4-8-27-20(23)24)18(34)31-15(19(35)36)7-5-9-28-21(25)26/h11-15H,4-10,22H2,1-3H3,(H,29,33)(H,30,32)(H,31,34)(H,35,36)(H4,23,24,27)(H4,25,26,28). The van der Waals surface area contributed by atoms with Crippen LogP contribution < -0.4 is 44.6 Å². The predicted octanol–water partition coefficient (Wildman–Crippen LogP) is -2.97. The first-order valence-corrected chi connectivity index (χ1v) is 11.7. The Hall–Kier alpha value is -3.62. The lowest BCUT2D eigenvalue weighted by Crippen LogP contribution is -2.56. The summed E-state index contributed by atoms with van der Waals surface area (Å²) in [6, 6.07) is -4.10. The third-order valence-electron chi connectivity index (χ3n) is 4.95. The van der Waals surface area contributed by atoms with Gasteiger partial charge in [0, 0.05) is 13.1 Å². The van der Waals surface area contributed by atoms with Gasteiger partial charge in [-0.2, -0.15) is 0 Å². The number of carboxylic acid groups (broad SMARTS) is 1. The minimum atomic E-state index is -1.25. The van der Waals surface area contributed by atoms with Crippen LogP contribution in [0.2, 0.25) is 0 Å². The van der Waals surface area contributed by atoms with Crippen LogP contribution in [0.25, 0.3) is 0 Å². The SMILES string of the molecule is CC(C)CC(N)C(=O)NC(C)C(=O)NC(CCCN=C(N)N)C(=O)NC(CCCN=C(N)N)C(=O)O. The van der Waals surface area contributed by atoms with E-state index in [1.807, 2.05) is 13.8 Å². The molecule has 0 aliphatic heterocycles. The predicted molar refractivity (Wildman–Crippen MR) is 136 cm³/mol. The van der Waals surface area contributed by atoms with Gasteiger partial charge in [-0.25, -0.2) is 4.79 Å². The number of hydrogen-bond acceptors (Lipinski definition) is 7. The minimum absolute atomic E-state index is 0.0622. The number of hydrogen-bond donors (Lipinski definition) is 9. The monoisotopic (exact) mass is 514 g/mol. The van der Waals surface area contributed by atoms with Crippen molar-refractivity contribution in [2.45, 2.75) is 77.0 Å². The summed E-state index contributed by atoms with van der Waals surface area (Å²) in [7, 11) is 0. The van der Waals surface area contributed by atoms with Crippen LogP contribution in [0.4, 0.5) is 0 Å². The van der Waals surface area contributed by atoms with E-state index in [9.17, 15) is 24.3 Å². The van der Waals surface area contributed by atoms with Crippen molar-refractivity contribution in [3.8, 4) is 0 Å². The van der Waals surface area contributed by atoms with Gasteiger partial charge in [0.15, 0.2) is 11.9 Å². The Balaban J connectivity index is 5.27. The van der Waals surface area contributed by atoms with E-state index < -0.39 is 47.9 Å². The van der Waals surface area contributed by atoms with Crippen molar-refractivity contribution in [1.82, 2.24) is 16.0 Å². The maximum atomic E-state index is 12.9. The number of aliphatic carboxylic acids is 1. The van der Waals surface area contributed by atoms with E-state index in [0.717, 1.165) is 0 Å². The zero-order valence-corrected chi connectivity index (χ0v) is 21.2. The van der Waals surface area contributed by atoms with Crippen molar-refractivity contribution in [1.29, 1.82) is 0 Å². The maximum absolute atomic E-state index is 12.9. The lowest BCUT2D eigenvalue weighted by Gasteiger charge is -2.24. The summed E-state index contributed by atoms with van der Waals surface area (Å²) in [5.41, 5.74) is 27.0. The molecular weight excluding hydrogens is 472 g/mol. The summed E-state index contributed by atoms with van der Waals surface area (Å²) in [6.45, 7) is 5.67. The fourth-order valence-corrected chi connectivity index (χ4v) is 3.10. The first kappa shape index (κ1) is 32.4. The highest BCUT2D eigenvalue weighted by atomic mass is 16.4. The molecule has 0 aliphatic carbocycles. The first-order chi connectivity index (χ1) is 16.7. The lowest BCUT2D eigenvalue weighted by molar-refractivity contribution is -0.142. The number of carboxylic acids is 1. The zero-order valence-electron chi connectivity index (χ0n) is 21.2. The number of carbonyl (C=O) groups excluding carboxylic acids is 3. The maximum Gasteiger partial charge on any atom is 0.326 e. The van der Waals surface area contributed by atoms with E-state index in [1.165, 1.54) is 6.92 Å². The zero-order chi connectivity index (χ0) is 27.8. The summed E-state index contributed by atoms with van der Waals surface area (Å²) >= 11 is 0. The van der Waals surface area contributed by atoms with Crippen molar-refractivity contribution in [2.24, 2.45) is 44.6 Å². The topological polar surface area (TPSA) is 279 Å². The Morgan fingerprint density at radius 1 is 0.750 bits per heavy atom. The van der Waals surface area contributed by atoms with Crippen molar-refractivity contribution in [3.05, 3.63) is 0 Å². The molecule has 15 nitrogen and oxygen atoms in total. The number of aliphatic imine (C=N–C) groups is 2. The van der Waals surface area contributed by atoms with Crippen molar-refractivity contribution in [2.75, 3.05) is 13.1 Å². The molecule has 3 amide bonds. The number of nitrogens with two attached hydrogens (primary N) is 5. The van der Waals surface area contributed by atoms with Crippen LogP contribution in [0, 0.1) is 5.92 Å². The van der Waals surface area contributed by atoms with Gasteiger partial charge in [0.25, 0.3) is 0 Å². The summed E-state index contributed by atoms with van der Waals surface area (Å²) in [5.74, 6) is -3.15. The molecule has 4 atom stereocenters. The molecule has 0 saturated carbocycles. The Kier molecular flexibility index (Phi) is 15.2. The van der Waals surface area contributed by atoms with Crippen LogP contribution in [-0.2, 0) is 19.2 Å². The van der Waals surface area contributed by atoms with Crippen LogP contribution in [-0.4, -0.2) is 78.0 Å². The number of nitrogens with zero attached hydrogens (tertiary/aromatic N) is 2. The molecule has 0 aromatic rings. The molecule has 0 rings (SSSR count). The number of amides is 3. The molecule has 0 spiro atoms. The second-order valence-corrected chi connectivity index (χ2v) is 8.82. The molecule has 0 aliphatic rings. The molecule has 0 radical (unpaired) electrons. The van der Waals surface area contributed by atoms with Crippen LogP contribution in [0.3, 0.4) is 0 Å². The highest BCUT2D eigenvalue weighted by Crippen LogP contribution is 2.05. The van der Waals surface area contributed by atoms with Gasteiger partial charge in [-0.1, -0.05) is 13.8 Å². The molecule has 14 N–H and O–H groups in total. The van der Waals surface area contributed by atoms with Gasteiger partial charge < -0.3 is 49.7 Å². The van der Waals surface area contributed by atoms with Crippen LogP contribution in [0.5, 0.6) is 0 Å². The molecule has 0 bridgehead atoms. The van der Waals surface area contributed by atoms with Gasteiger partial charge in [-0.15, -0.1) is 0 Å². The van der Waals surface area contributed by atoms with Gasteiger partial charge in [0.2, 0.25) is 17.7 Å².